The summed E-state index contributed by atoms with van der Waals surface area (Å²) in [7, 11) is 0. The predicted octanol–water partition coefficient (Wildman–Crippen LogP) is 4.48. The quantitative estimate of drug-likeness (QED) is 0.457. The third-order valence-electron chi connectivity index (χ3n) is 7.38. The van der Waals surface area contributed by atoms with Gasteiger partial charge in [0.1, 0.15) is 6.04 Å². The van der Waals surface area contributed by atoms with Crippen molar-refractivity contribution in [2.45, 2.75) is 69.4 Å². The van der Waals surface area contributed by atoms with Crippen molar-refractivity contribution in [3.05, 3.63) is 80.7 Å². The van der Waals surface area contributed by atoms with Crippen LogP contribution >= 0.6 is 22.7 Å². The van der Waals surface area contributed by atoms with Gasteiger partial charge in [0.05, 0.1) is 4.88 Å². The van der Waals surface area contributed by atoms with Crippen LogP contribution in [0.5, 0.6) is 0 Å². The van der Waals surface area contributed by atoms with Crippen LogP contribution < -0.4 is 11.1 Å². The summed E-state index contributed by atoms with van der Waals surface area (Å²) in [5.41, 5.74) is 7.30. The number of hydrogen-bond acceptors (Lipinski definition) is 6. The minimum Gasteiger partial charge on any atom is -0.352 e. The van der Waals surface area contributed by atoms with Crippen LogP contribution in [0.25, 0.3) is 0 Å². The molecule has 2 aliphatic rings. The van der Waals surface area contributed by atoms with Gasteiger partial charge in [0.2, 0.25) is 5.91 Å². The highest BCUT2D eigenvalue weighted by molar-refractivity contribution is 7.12. The fourth-order valence-electron chi connectivity index (χ4n) is 5.39. The number of likely N-dealkylation sites (tertiary alicyclic amines) is 1. The first-order valence-corrected chi connectivity index (χ1v) is 14.5. The van der Waals surface area contributed by atoms with E-state index in [2.05, 4.69) is 52.0 Å². The van der Waals surface area contributed by atoms with E-state index in [9.17, 15) is 9.59 Å². The first kappa shape index (κ1) is 25.1. The van der Waals surface area contributed by atoms with Crippen molar-refractivity contribution in [3.8, 4) is 0 Å². The summed E-state index contributed by atoms with van der Waals surface area (Å²) in [5, 5.41) is 7.28. The zero-order valence-corrected chi connectivity index (χ0v) is 22.1. The number of rotatable bonds is 8. The molecule has 6 nitrogen and oxygen atoms in total. The van der Waals surface area contributed by atoms with Gasteiger partial charge in [-0.1, -0.05) is 42.5 Å². The van der Waals surface area contributed by atoms with Crippen LogP contribution in [-0.2, 0) is 17.9 Å². The van der Waals surface area contributed by atoms with Crippen molar-refractivity contribution in [3.63, 3.8) is 0 Å². The molecule has 1 aliphatic carbocycles. The Morgan fingerprint density at radius 1 is 0.944 bits per heavy atom. The van der Waals surface area contributed by atoms with Gasteiger partial charge in [-0.2, -0.15) is 0 Å². The largest absolute Gasteiger partial charge is 0.352 e. The average Bonchev–Trinajstić information content (AvgIpc) is 3.67. The molecule has 3 heterocycles. The van der Waals surface area contributed by atoms with Crippen LogP contribution in [0.15, 0.2) is 65.4 Å². The van der Waals surface area contributed by atoms with E-state index in [1.807, 2.05) is 28.5 Å². The minimum atomic E-state index is -0.471. The number of nitrogens with two attached hydrogens (primary N) is 1. The Morgan fingerprint density at radius 3 is 2.39 bits per heavy atom. The molecule has 2 amide bonds. The van der Waals surface area contributed by atoms with Gasteiger partial charge in [0.25, 0.3) is 5.91 Å². The number of benzene rings is 1. The zero-order valence-electron chi connectivity index (χ0n) is 20.4. The van der Waals surface area contributed by atoms with E-state index in [-0.39, 0.29) is 29.9 Å². The van der Waals surface area contributed by atoms with Crippen LogP contribution in [0.4, 0.5) is 0 Å². The Labute approximate surface area is 221 Å². The van der Waals surface area contributed by atoms with E-state index < -0.39 is 6.04 Å². The predicted molar refractivity (Wildman–Crippen MR) is 146 cm³/mol. The molecule has 1 saturated heterocycles. The number of nitrogens with one attached hydrogen (secondary N) is 1. The van der Waals surface area contributed by atoms with Gasteiger partial charge in [-0.25, -0.2) is 0 Å². The molecule has 1 aromatic carbocycles. The summed E-state index contributed by atoms with van der Waals surface area (Å²) in [6.45, 7) is 2.12. The smallest absolute Gasteiger partial charge is 0.264 e. The highest BCUT2D eigenvalue weighted by atomic mass is 32.1. The van der Waals surface area contributed by atoms with Gasteiger partial charge in [0.15, 0.2) is 0 Å². The van der Waals surface area contributed by atoms with Gasteiger partial charge < -0.3 is 16.0 Å². The molecular formula is C28H34N4O2S2. The van der Waals surface area contributed by atoms with E-state index >= 15 is 0 Å². The fourth-order valence-corrected chi connectivity index (χ4v) is 6.80. The number of carbonyl (C=O) groups excluding carboxylic acids is 2. The van der Waals surface area contributed by atoms with Crippen LogP contribution in [0.3, 0.4) is 0 Å². The highest BCUT2D eigenvalue weighted by Gasteiger charge is 2.43. The Hall–Kier alpha value is -2.52. The fraction of sp³-hybridized carbons (Fsp3) is 0.429. The van der Waals surface area contributed by atoms with Gasteiger partial charge >= 0.3 is 0 Å². The molecule has 1 saturated carbocycles. The molecule has 0 radical (unpaired) electrons. The number of nitrogens with zero attached hydrogens (tertiary/aromatic N) is 2. The third kappa shape index (κ3) is 6.06. The molecule has 5 rings (SSSR count). The van der Waals surface area contributed by atoms with E-state index in [4.69, 9.17) is 5.73 Å². The first-order valence-electron chi connectivity index (χ1n) is 12.8. The monoisotopic (exact) mass is 522 g/mol. The second-order valence-electron chi connectivity index (χ2n) is 9.93. The van der Waals surface area contributed by atoms with E-state index in [1.165, 1.54) is 21.8 Å². The Morgan fingerprint density at radius 2 is 1.69 bits per heavy atom. The topological polar surface area (TPSA) is 78.7 Å². The van der Waals surface area contributed by atoms with Gasteiger partial charge in [-0.15, -0.1) is 22.7 Å². The van der Waals surface area contributed by atoms with Crippen molar-refractivity contribution in [1.29, 1.82) is 0 Å². The molecule has 2 aromatic heterocycles. The second-order valence-corrected chi connectivity index (χ2v) is 11.9. The first-order chi connectivity index (χ1) is 17.6. The standard InChI is InChI=1S/C28H34N4O2S2/c29-21-10-12-22(13-11-21)30-27(33)25-16-23(18-32(25)28(34)26-9-5-15-36-26)31(19-24-8-4-14-35-24)17-20-6-2-1-3-7-20/h1-9,14-15,21-23,25H,10-13,16-19,29H2,(H,30,33). The molecule has 2 fully saturated rings. The SMILES string of the molecule is NC1CCC(NC(=O)C2CC(N(Cc3ccccc3)Cc3cccs3)CN2C(=O)c2cccs2)CC1. The van der Waals surface area contributed by atoms with Crippen molar-refractivity contribution in [2.24, 2.45) is 5.73 Å². The van der Waals surface area contributed by atoms with E-state index in [0.29, 0.717) is 17.8 Å². The van der Waals surface area contributed by atoms with Crippen LogP contribution in [0.2, 0.25) is 0 Å². The maximum absolute atomic E-state index is 13.6. The molecule has 3 aromatic rings. The maximum atomic E-state index is 13.6. The summed E-state index contributed by atoms with van der Waals surface area (Å²) in [6.07, 6.45) is 4.30. The molecule has 8 heteroatoms. The molecule has 36 heavy (non-hydrogen) atoms. The van der Waals surface area contributed by atoms with Crippen LogP contribution in [0.1, 0.15) is 52.2 Å². The number of hydrogen-bond donors (Lipinski definition) is 2. The zero-order chi connectivity index (χ0) is 24.9. The summed E-state index contributed by atoms with van der Waals surface area (Å²) in [6, 6.07) is 18.4. The lowest BCUT2D eigenvalue weighted by Gasteiger charge is -2.29. The minimum absolute atomic E-state index is 0.0290. The second kappa shape index (κ2) is 11.7. The van der Waals surface area contributed by atoms with E-state index in [0.717, 1.165) is 38.8 Å². The molecule has 0 bridgehead atoms. The van der Waals surface area contributed by atoms with Crippen molar-refractivity contribution in [1.82, 2.24) is 15.1 Å². The molecule has 190 valence electrons. The molecule has 2 unspecified atom stereocenters. The number of amides is 2. The normalized spacial score (nSPS) is 24.2. The molecule has 3 N–H and O–H groups in total. The third-order valence-corrected chi connectivity index (χ3v) is 9.10. The highest BCUT2D eigenvalue weighted by Crippen LogP contribution is 2.29. The lowest BCUT2D eigenvalue weighted by molar-refractivity contribution is -0.125. The van der Waals surface area contributed by atoms with Gasteiger partial charge in [-0.3, -0.25) is 14.5 Å². The molecular weight excluding hydrogens is 488 g/mol. The number of thiophene rings is 2. The van der Waals surface area contributed by atoms with Gasteiger partial charge in [-0.05, 0) is 60.6 Å². The lowest BCUT2D eigenvalue weighted by atomic mass is 9.91. The molecule has 1 aliphatic heterocycles. The van der Waals surface area contributed by atoms with Crippen molar-refractivity contribution >= 4 is 34.5 Å². The van der Waals surface area contributed by atoms with Crippen LogP contribution in [0, 0.1) is 0 Å². The summed E-state index contributed by atoms with van der Waals surface area (Å²) >= 11 is 3.18. The Kier molecular flexibility index (Phi) is 8.16. The van der Waals surface area contributed by atoms with Gasteiger partial charge in [0, 0.05) is 42.6 Å². The number of carbonyl (C=O) groups is 2. The summed E-state index contributed by atoms with van der Waals surface area (Å²) < 4.78 is 0. The lowest BCUT2D eigenvalue weighted by Crippen LogP contribution is -2.50. The molecule has 2 atom stereocenters. The van der Waals surface area contributed by atoms with Crippen LogP contribution in [-0.4, -0.2) is 52.3 Å². The summed E-state index contributed by atoms with van der Waals surface area (Å²) in [4.78, 5) is 33.3. The molecule has 0 spiro atoms. The van der Waals surface area contributed by atoms with Crippen molar-refractivity contribution in [2.75, 3.05) is 6.54 Å². The van der Waals surface area contributed by atoms with E-state index in [1.54, 1.807) is 11.3 Å². The van der Waals surface area contributed by atoms with Crippen molar-refractivity contribution < 1.29 is 9.59 Å². The summed E-state index contributed by atoms with van der Waals surface area (Å²) in [5.74, 6) is -0.0761. The Bertz CT molecular complexity index is 1110. The average molecular weight is 523 g/mol. The Balaban J connectivity index is 1.37. The maximum Gasteiger partial charge on any atom is 0.264 e.